The van der Waals surface area contributed by atoms with Gasteiger partial charge in [0.1, 0.15) is 5.82 Å². The van der Waals surface area contributed by atoms with E-state index in [1.807, 2.05) is 37.3 Å². The van der Waals surface area contributed by atoms with E-state index in [0.29, 0.717) is 12.2 Å². The minimum atomic E-state index is -0.166. The Hall–Kier alpha value is -2.67. The highest BCUT2D eigenvalue weighted by molar-refractivity contribution is 5.79. The Morgan fingerprint density at radius 3 is 2.60 bits per heavy atom. The van der Waals surface area contributed by atoms with E-state index in [9.17, 15) is 4.39 Å². The van der Waals surface area contributed by atoms with Crippen molar-refractivity contribution in [3.8, 4) is 0 Å². The van der Waals surface area contributed by atoms with Gasteiger partial charge in [0.15, 0.2) is 5.96 Å². The molecule has 6 nitrogen and oxygen atoms in total. The number of aromatic nitrogens is 1. The van der Waals surface area contributed by atoms with Gasteiger partial charge in [0.25, 0.3) is 0 Å². The standard InChI is InChI=1S/C23H33FN6/c1-3-25-23(27-12-10-20-7-5-6-11-26-20)28-18-19-8-9-22(21(24)17-19)30-15-13-29(4-2)14-16-30/h5-9,11,17H,3-4,10,12-16,18H2,1-2H3,(H2,25,27,28). The lowest BCUT2D eigenvalue weighted by atomic mass is 10.1. The molecule has 0 unspecified atom stereocenters. The molecule has 1 aromatic heterocycles. The first-order valence-electron chi connectivity index (χ1n) is 10.9. The van der Waals surface area contributed by atoms with Gasteiger partial charge in [-0.2, -0.15) is 0 Å². The van der Waals surface area contributed by atoms with Crippen molar-refractivity contribution >= 4 is 11.6 Å². The number of hydrogen-bond acceptors (Lipinski definition) is 4. The SMILES string of the molecule is CCNC(=NCc1ccc(N2CCN(CC)CC2)c(F)c1)NCCc1ccccn1. The van der Waals surface area contributed by atoms with Crippen molar-refractivity contribution in [3.05, 3.63) is 59.7 Å². The van der Waals surface area contributed by atoms with Gasteiger partial charge in [0.2, 0.25) is 0 Å². The number of nitrogens with one attached hydrogen (secondary N) is 2. The maximum atomic E-state index is 14.7. The van der Waals surface area contributed by atoms with Crippen molar-refractivity contribution in [1.82, 2.24) is 20.5 Å². The number of likely N-dealkylation sites (N-methyl/N-ethyl adjacent to an activating group) is 1. The molecule has 0 bridgehead atoms. The second-order valence-electron chi connectivity index (χ2n) is 7.40. The van der Waals surface area contributed by atoms with Gasteiger partial charge in [-0.05, 0) is 43.3 Å². The Labute approximate surface area is 179 Å². The molecule has 162 valence electrons. The minimum Gasteiger partial charge on any atom is -0.367 e. The molecule has 0 atom stereocenters. The first-order valence-corrected chi connectivity index (χ1v) is 10.9. The molecule has 1 saturated heterocycles. The fraction of sp³-hybridized carbons (Fsp3) is 0.478. The molecule has 0 amide bonds. The second-order valence-corrected chi connectivity index (χ2v) is 7.40. The van der Waals surface area contributed by atoms with E-state index in [1.54, 1.807) is 12.3 Å². The van der Waals surface area contributed by atoms with Gasteiger partial charge in [0.05, 0.1) is 12.2 Å². The molecular formula is C23H33FN6. The molecule has 0 saturated carbocycles. The summed E-state index contributed by atoms with van der Waals surface area (Å²) in [5.74, 6) is 0.564. The summed E-state index contributed by atoms with van der Waals surface area (Å²) in [4.78, 5) is 13.5. The summed E-state index contributed by atoms with van der Waals surface area (Å²) in [5, 5.41) is 6.56. The molecule has 1 aliphatic rings. The van der Waals surface area contributed by atoms with E-state index in [2.05, 4.69) is 37.3 Å². The number of pyridine rings is 1. The summed E-state index contributed by atoms with van der Waals surface area (Å²) in [6.45, 7) is 10.9. The highest BCUT2D eigenvalue weighted by Crippen LogP contribution is 2.22. The summed E-state index contributed by atoms with van der Waals surface area (Å²) >= 11 is 0. The van der Waals surface area contributed by atoms with Crippen LogP contribution in [0.25, 0.3) is 0 Å². The molecule has 0 radical (unpaired) electrons. The van der Waals surface area contributed by atoms with Gasteiger partial charge < -0.3 is 20.4 Å². The quantitative estimate of drug-likeness (QED) is 0.516. The number of piperazine rings is 1. The smallest absolute Gasteiger partial charge is 0.191 e. The van der Waals surface area contributed by atoms with E-state index in [-0.39, 0.29) is 5.82 Å². The van der Waals surface area contributed by atoms with E-state index >= 15 is 0 Å². The third kappa shape index (κ3) is 6.42. The van der Waals surface area contributed by atoms with Crippen LogP contribution < -0.4 is 15.5 Å². The van der Waals surface area contributed by atoms with E-state index < -0.39 is 0 Å². The van der Waals surface area contributed by atoms with Crippen molar-refractivity contribution in [2.45, 2.75) is 26.8 Å². The number of rotatable bonds is 8. The van der Waals surface area contributed by atoms with Crippen LogP contribution in [0, 0.1) is 5.82 Å². The van der Waals surface area contributed by atoms with E-state index in [4.69, 9.17) is 0 Å². The van der Waals surface area contributed by atoms with Crippen molar-refractivity contribution in [1.29, 1.82) is 0 Å². The van der Waals surface area contributed by atoms with Gasteiger partial charge >= 0.3 is 0 Å². The monoisotopic (exact) mass is 412 g/mol. The molecule has 1 aromatic carbocycles. The van der Waals surface area contributed by atoms with Crippen LogP contribution >= 0.6 is 0 Å². The highest BCUT2D eigenvalue weighted by atomic mass is 19.1. The molecule has 7 heteroatoms. The Morgan fingerprint density at radius 2 is 1.93 bits per heavy atom. The first-order chi connectivity index (χ1) is 14.7. The van der Waals surface area contributed by atoms with E-state index in [0.717, 1.165) is 69.5 Å². The Morgan fingerprint density at radius 1 is 1.10 bits per heavy atom. The average Bonchev–Trinajstić information content (AvgIpc) is 2.78. The molecule has 2 N–H and O–H groups in total. The van der Waals surface area contributed by atoms with Crippen LogP contribution in [0.3, 0.4) is 0 Å². The van der Waals surface area contributed by atoms with Crippen LogP contribution in [0.4, 0.5) is 10.1 Å². The first kappa shape index (κ1) is 22.0. The molecule has 2 heterocycles. The van der Waals surface area contributed by atoms with Crippen molar-refractivity contribution in [2.75, 3.05) is 50.7 Å². The maximum Gasteiger partial charge on any atom is 0.191 e. The minimum absolute atomic E-state index is 0.166. The molecular weight excluding hydrogens is 379 g/mol. The van der Waals surface area contributed by atoms with Crippen LogP contribution in [0.2, 0.25) is 0 Å². The third-order valence-corrected chi connectivity index (χ3v) is 5.34. The topological polar surface area (TPSA) is 55.8 Å². The van der Waals surface area contributed by atoms with Crippen LogP contribution in [-0.4, -0.2) is 61.7 Å². The molecule has 3 rings (SSSR count). The number of halogens is 1. The highest BCUT2D eigenvalue weighted by Gasteiger charge is 2.18. The lowest BCUT2D eigenvalue weighted by molar-refractivity contribution is 0.270. The zero-order chi connectivity index (χ0) is 21.2. The summed E-state index contributed by atoms with van der Waals surface area (Å²) in [6.07, 6.45) is 2.62. The molecule has 2 aromatic rings. The summed E-state index contributed by atoms with van der Waals surface area (Å²) in [5.41, 5.74) is 2.60. The number of benzene rings is 1. The lowest BCUT2D eigenvalue weighted by Crippen LogP contribution is -2.46. The van der Waals surface area contributed by atoms with Crippen LogP contribution in [0.15, 0.2) is 47.6 Å². The summed E-state index contributed by atoms with van der Waals surface area (Å²) in [6, 6.07) is 11.4. The van der Waals surface area contributed by atoms with Crippen LogP contribution in [0.1, 0.15) is 25.1 Å². The summed E-state index contributed by atoms with van der Waals surface area (Å²) < 4.78 is 14.7. The number of aliphatic imine (C=N–C) groups is 1. The lowest BCUT2D eigenvalue weighted by Gasteiger charge is -2.35. The summed E-state index contributed by atoms with van der Waals surface area (Å²) in [7, 11) is 0. The molecule has 1 aliphatic heterocycles. The maximum absolute atomic E-state index is 14.7. The number of hydrogen-bond donors (Lipinski definition) is 2. The molecule has 0 spiro atoms. The zero-order valence-electron chi connectivity index (χ0n) is 18.1. The van der Waals surface area contributed by atoms with Gasteiger partial charge in [-0.25, -0.2) is 9.38 Å². The zero-order valence-corrected chi connectivity index (χ0v) is 18.1. The van der Waals surface area contributed by atoms with Crippen LogP contribution in [-0.2, 0) is 13.0 Å². The largest absolute Gasteiger partial charge is 0.367 e. The van der Waals surface area contributed by atoms with Crippen molar-refractivity contribution in [3.63, 3.8) is 0 Å². The van der Waals surface area contributed by atoms with Crippen molar-refractivity contribution < 1.29 is 4.39 Å². The number of nitrogens with zero attached hydrogens (tertiary/aromatic N) is 4. The fourth-order valence-corrected chi connectivity index (χ4v) is 3.58. The predicted molar refractivity (Wildman–Crippen MR) is 121 cm³/mol. The van der Waals surface area contributed by atoms with Crippen LogP contribution in [0.5, 0.6) is 0 Å². The average molecular weight is 413 g/mol. The van der Waals surface area contributed by atoms with E-state index in [1.165, 1.54) is 0 Å². The number of anilines is 1. The fourth-order valence-electron chi connectivity index (χ4n) is 3.58. The van der Waals surface area contributed by atoms with Gasteiger partial charge in [-0.1, -0.05) is 19.1 Å². The van der Waals surface area contributed by atoms with Gasteiger partial charge in [-0.3, -0.25) is 4.98 Å². The molecule has 1 fully saturated rings. The predicted octanol–water partition coefficient (Wildman–Crippen LogP) is 2.66. The molecule has 0 aliphatic carbocycles. The number of guanidine groups is 1. The third-order valence-electron chi connectivity index (χ3n) is 5.34. The Kier molecular flexibility index (Phi) is 8.44. The molecule has 30 heavy (non-hydrogen) atoms. The van der Waals surface area contributed by atoms with Gasteiger partial charge in [-0.15, -0.1) is 0 Å². The Balaban J connectivity index is 1.55. The normalized spacial score (nSPS) is 15.3. The Bertz CT molecular complexity index is 803. The van der Waals surface area contributed by atoms with Gasteiger partial charge in [0, 0.05) is 57.6 Å². The van der Waals surface area contributed by atoms with Crippen molar-refractivity contribution in [2.24, 2.45) is 4.99 Å². The second kappa shape index (κ2) is 11.5.